The quantitative estimate of drug-likeness (QED) is 0.627. The highest BCUT2D eigenvalue weighted by Crippen LogP contribution is 2.29. The number of nitrogens with zero attached hydrogens (tertiary/aromatic N) is 3. The van der Waals surface area contributed by atoms with Gasteiger partial charge < -0.3 is 5.43 Å². The topological polar surface area (TPSA) is 76.7 Å². The van der Waals surface area contributed by atoms with E-state index in [0.717, 1.165) is 15.1 Å². The number of nitrogen functional groups attached to an aromatic ring is 1. The average Bonchev–Trinajstić information content (AvgIpc) is 2.64. The lowest BCUT2D eigenvalue weighted by molar-refractivity contribution is 1.10. The van der Waals surface area contributed by atoms with Gasteiger partial charge in [-0.1, -0.05) is 11.8 Å². The number of hydrogen-bond acceptors (Lipinski definition) is 7. The van der Waals surface area contributed by atoms with E-state index in [0.29, 0.717) is 5.82 Å². The van der Waals surface area contributed by atoms with Crippen LogP contribution < -0.4 is 11.3 Å². The molecule has 2 heterocycles. The van der Waals surface area contributed by atoms with Gasteiger partial charge in [-0.15, -0.1) is 0 Å². The fourth-order valence-electron chi connectivity index (χ4n) is 0.974. The SMILES string of the molecule is Cc1nsc(Sc2ccnc(NN)c2)n1. The first-order chi connectivity index (χ1) is 7.28. The molecule has 0 fully saturated rings. The molecule has 0 amide bonds. The predicted molar refractivity (Wildman–Crippen MR) is 60.8 cm³/mol. The van der Waals surface area contributed by atoms with E-state index in [-0.39, 0.29) is 0 Å². The summed E-state index contributed by atoms with van der Waals surface area (Å²) in [7, 11) is 0. The molecule has 0 aromatic carbocycles. The Bertz CT molecular complexity index is 456. The minimum atomic E-state index is 0.640. The molecule has 15 heavy (non-hydrogen) atoms. The number of aromatic nitrogens is 3. The van der Waals surface area contributed by atoms with Gasteiger partial charge >= 0.3 is 0 Å². The van der Waals surface area contributed by atoms with Gasteiger partial charge in [0.1, 0.15) is 11.6 Å². The molecule has 0 aliphatic heterocycles. The molecule has 2 aromatic rings. The number of hydrogen-bond donors (Lipinski definition) is 2. The standard InChI is InChI=1S/C8H9N5S2/c1-5-11-8(15-13-5)14-6-2-3-10-7(4-6)12-9/h2-4H,9H2,1H3,(H,10,12). The van der Waals surface area contributed by atoms with E-state index in [9.17, 15) is 0 Å². The summed E-state index contributed by atoms with van der Waals surface area (Å²) in [5, 5.41) is 0. The van der Waals surface area contributed by atoms with Crippen molar-refractivity contribution in [1.82, 2.24) is 14.3 Å². The van der Waals surface area contributed by atoms with Gasteiger partial charge in [-0.2, -0.15) is 4.37 Å². The molecule has 2 rings (SSSR count). The van der Waals surface area contributed by atoms with E-state index in [2.05, 4.69) is 19.8 Å². The monoisotopic (exact) mass is 239 g/mol. The summed E-state index contributed by atoms with van der Waals surface area (Å²) in [5.41, 5.74) is 2.50. The molecule has 5 nitrogen and oxygen atoms in total. The Labute approximate surface area is 95.3 Å². The van der Waals surface area contributed by atoms with Gasteiger partial charge in [0.25, 0.3) is 0 Å². The molecule has 0 spiro atoms. The van der Waals surface area contributed by atoms with Crippen molar-refractivity contribution in [1.29, 1.82) is 0 Å². The Morgan fingerprint density at radius 3 is 3.07 bits per heavy atom. The fourth-order valence-corrected chi connectivity index (χ4v) is 2.63. The van der Waals surface area contributed by atoms with E-state index in [4.69, 9.17) is 5.84 Å². The third kappa shape index (κ3) is 2.65. The molecule has 7 heteroatoms. The van der Waals surface area contributed by atoms with Crippen molar-refractivity contribution >= 4 is 29.1 Å². The highest BCUT2D eigenvalue weighted by molar-refractivity contribution is 8.01. The lowest BCUT2D eigenvalue weighted by Gasteiger charge is -2.00. The summed E-state index contributed by atoms with van der Waals surface area (Å²) >= 11 is 2.93. The molecule has 0 unspecified atom stereocenters. The molecule has 78 valence electrons. The molecule has 0 atom stereocenters. The van der Waals surface area contributed by atoms with Crippen LogP contribution in [-0.2, 0) is 0 Å². The highest BCUT2D eigenvalue weighted by atomic mass is 32.2. The van der Waals surface area contributed by atoms with E-state index in [1.807, 2.05) is 19.1 Å². The van der Waals surface area contributed by atoms with Crippen LogP contribution in [0.3, 0.4) is 0 Å². The van der Waals surface area contributed by atoms with Crippen molar-refractivity contribution in [3.63, 3.8) is 0 Å². The average molecular weight is 239 g/mol. The van der Waals surface area contributed by atoms with Gasteiger partial charge in [0.2, 0.25) is 0 Å². The van der Waals surface area contributed by atoms with Gasteiger partial charge in [0, 0.05) is 11.1 Å². The van der Waals surface area contributed by atoms with Crippen molar-refractivity contribution < 1.29 is 0 Å². The van der Waals surface area contributed by atoms with Gasteiger partial charge in [-0.25, -0.2) is 15.8 Å². The van der Waals surface area contributed by atoms with E-state index >= 15 is 0 Å². The Balaban J connectivity index is 2.16. The zero-order chi connectivity index (χ0) is 10.7. The number of rotatable bonds is 3. The maximum absolute atomic E-state index is 5.27. The molecule has 0 aliphatic rings. The molecule has 3 N–H and O–H groups in total. The van der Waals surface area contributed by atoms with Crippen molar-refractivity contribution in [2.75, 3.05) is 5.43 Å². The first-order valence-corrected chi connectivity index (χ1v) is 5.78. The lowest BCUT2D eigenvalue weighted by atomic mass is 10.5. The maximum atomic E-state index is 5.27. The number of hydrazine groups is 1. The normalized spacial score (nSPS) is 10.3. The zero-order valence-corrected chi connectivity index (χ0v) is 9.60. The van der Waals surface area contributed by atoms with Crippen LogP contribution in [0.5, 0.6) is 0 Å². The molecule has 0 saturated heterocycles. The number of pyridine rings is 1. The number of nitrogens with two attached hydrogens (primary N) is 1. The predicted octanol–water partition coefficient (Wildman–Crippen LogP) is 1.68. The summed E-state index contributed by atoms with van der Waals surface area (Å²) in [4.78, 5) is 9.32. The van der Waals surface area contributed by atoms with Crippen molar-refractivity contribution in [2.24, 2.45) is 5.84 Å². The molecule has 0 saturated carbocycles. The summed E-state index contributed by atoms with van der Waals surface area (Å²) in [6.45, 7) is 1.87. The first-order valence-electron chi connectivity index (χ1n) is 4.19. The van der Waals surface area contributed by atoms with Gasteiger partial charge in [0.05, 0.1) is 0 Å². The Morgan fingerprint density at radius 1 is 1.53 bits per heavy atom. The third-order valence-electron chi connectivity index (χ3n) is 1.59. The van der Waals surface area contributed by atoms with Crippen molar-refractivity contribution in [3.05, 3.63) is 24.2 Å². The van der Waals surface area contributed by atoms with E-state index in [1.54, 1.807) is 18.0 Å². The summed E-state index contributed by atoms with van der Waals surface area (Å²) < 4.78 is 5.03. The number of anilines is 1. The van der Waals surface area contributed by atoms with Crippen LogP contribution in [0.25, 0.3) is 0 Å². The van der Waals surface area contributed by atoms with Crippen LogP contribution >= 0.6 is 23.3 Å². The van der Waals surface area contributed by atoms with Crippen LogP contribution in [0.15, 0.2) is 27.6 Å². The largest absolute Gasteiger partial charge is 0.308 e. The second-order valence-corrected chi connectivity index (χ2v) is 4.80. The summed E-state index contributed by atoms with van der Waals surface area (Å²) in [5.74, 6) is 6.71. The smallest absolute Gasteiger partial charge is 0.174 e. The molecule has 0 bridgehead atoms. The molecular formula is C8H9N5S2. The van der Waals surface area contributed by atoms with E-state index in [1.165, 1.54) is 11.5 Å². The van der Waals surface area contributed by atoms with Gasteiger partial charge in [-0.05, 0) is 30.6 Å². The van der Waals surface area contributed by atoms with Crippen LogP contribution in [0.4, 0.5) is 5.82 Å². The minimum absolute atomic E-state index is 0.640. The fraction of sp³-hybridized carbons (Fsp3) is 0.125. The third-order valence-corrected chi connectivity index (χ3v) is 3.43. The van der Waals surface area contributed by atoms with Gasteiger partial charge in [-0.3, -0.25) is 0 Å². The first kappa shape index (κ1) is 10.3. The summed E-state index contributed by atoms with van der Waals surface area (Å²) in [6, 6.07) is 3.77. The van der Waals surface area contributed by atoms with Crippen molar-refractivity contribution in [3.8, 4) is 0 Å². The Hall–Kier alpha value is -1.18. The molecular weight excluding hydrogens is 230 g/mol. The van der Waals surface area contributed by atoms with Crippen LogP contribution in [0.1, 0.15) is 5.82 Å². The molecule has 0 radical (unpaired) electrons. The minimum Gasteiger partial charge on any atom is -0.308 e. The Kier molecular flexibility index (Phi) is 3.14. The van der Waals surface area contributed by atoms with Gasteiger partial charge in [0.15, 0.2) is 4.34 Å². The van der Waals surface area contributed by atoms with Crippen LogP contribution in [0.2, 0.25) is 0 Å². The van der Waals surface area contributed by atoms with Crippen molar-refractivity contribution in [2.45, 2.75) is 16.2 Å². The lowest BCUT2D eigenvalue weighted by Crippen LogP contribution is -2.07. The van der Waals surface area contributed by atoms with Crippen LogP contribution in [0, 0.1) is 6.92 Å². The van der Waals surface area contributed by atoms with Crippen LogP contribution in [-0.4, -0.2) is 14.3 Å². The number of nitrogens with one attached hydrogen (secondary N) is 1. The number of aryl methyl sites for hydroxylation is 1. The highest BCUT2D eigenvalue weighted by Gasteiger charge is 2.03. The summed E-state index contributed by atoms with van der Waals surface area (Å²) in [6.07, 6.45) is 1.70. The second-order valence-electron chi connectivity index (χ2n) is 2.73. The maximum Gasteiger partial charge on any atom is 0.174 e. The molecule has 0 aliphatic carbocycles. The Morgan fingerprint density at radius 2 is 2.40 bits per heavy atom. The van der Waals surface area contributed by atoms with E-state index < -0.39 is 0 Å². The molecule has 2 aromatic heterocycles. The zero-order valence-electron chi connectivity index (χ0n) is 7.97. The second kappa shape index (κ2) is 4.56.